The molecular formula is C12H24ClN. The summed E-state index contributed by atoms with van der Waals surface area (Å²) in [4.78, 5) is 2.57. The van der Waals surface area contributed by atoms with E-state index in [0.717, 1.165) is 0 Å². The third kappa shape index (κ3) is 5.21. The third-order valence-electron chi connectivity index (χ3n) is 3.10. The predicted octanol–water partition coefficient (Wildman–Crippen LogP) is 3.66. The van der Waals surface area contributed by atoms with Gasteiger partial charge in [0.1, 0.15) is 0 Å². The fraction of sp³-hybridized carbons (Fsp3) is 1.00. The molecule has 84 valence electrons. The van der Waals surface area contributed by atoms with Crippen molar-refractivity contribution in [1.82, 2.24) is 4.90 Å². The van der Waals surface area contributed by atoms with Gasteiger partial charge < -0.3 is 4.90 Å². The van der Waals surface area contributed by atoms with Crippen molar-refractivity contribution in [3.05, 3.63) is 0 Å². The van der Waals surface area contributed by atoms with Gasteiger partial charge in [-0.3, -0.25) is 0 Å². The van der Waals surface area contributed by atoms with Gasteiger partial charge in [0.25, 0.3) is 0 Å². The molecular weight excluding hydrogens is 194 g/mol. The van der Waals surface area contributed by atoms with E-state index in [1.54, 1.807) is 0 Å². The minimum absolute atomic E-state index is 0.450. The normalized spacial score (nSPS) is 20.1. The Kier molecular flexibility index (Phi) is 6.63. The molecule has 0 atom stereocenters. The number of hydrogen-bond donors (Lipinski definition) is 0. The second kappa shape index (κ2) is 7.53. The summed E-state index contributed by atoms with van der Waals surface area (Å²) in [6, 6.07) is 0. The molecule has 2 heteroatoms. The molecule has 0 N–H and O–H groups in total. The molecule has 1 rings (SSSR count). The first kappa shape index (κ1) is 12.3. The molecule has 0 radical (unpaired) electrons. The number of unbranched alkanes of at least 4 members (excludes halogenated alkanes) is 4. The van der Waals surface area contributed by atoms with Crippen LogP contribution in [0.25, 0.3) is 0 Å². The van der Waals surface area contributed by atoms with Gasteiger partial charge in [0.05, 0.1) is 0 Å². The molecule has 1 fully saturated rings. The van der Waals surface area contributed by atoms with Crippen LogP contribution >= 0.6 is 11.6 Å². The SMILES string of the molecule is CCCCCCCN1CCC(Cl)CC1. The molecule has 0 saturated carbocycles. The summed E-state index contributed by atoms with van der Waals surface area (Å²) >= 11 is 6.06. The molecule has 1 saturated heterocycles. The van der Waals surface area contributed by atoms with E-state index in [1.165, 1.54) is 64.6 Å². The van der Waals surface area contributed by atoms with Gasteiger partial charge in [-0.15, -0.1) is 11.6 Å². The van der Waals surface area contributed by atoms with E-state index in [0.29, 0.717) is 5.38 Å². The third-order valence-corrected chi connectivity index (χ3v) is 3.53. The zero-order valence-corrected chi connectivity index (χ0v) is 10.2. The maximum atomic E-state index is 6.06. The second-order valence-electron chi connectivity index (χ2n) is 4.43. The summed E-state index contributed by atoms with van der Waals surface area (Å²) < 4.78 is 0. The highest BCUT2D eigenvalue weighted by atomic mass is 35.5. The van der Waals surface area contributed by atoms with E-state index in [9.17, 15) is 0 Å². The van der Waals surface area contributed by atoms with E-state index >= 15 is 0 Å². The lowest BCUT2D eigenvalue weighted by molar-refractivity contribution is 0.226. The first-order chi connectivity index (χ1) is 6.83. The summed E-state index contributed by atoms with van der Waals surface area (Å²) in [5.74, 6) is 0. The van der Waals surface area contributed by atoms with E-state index in [4.69, 9.17) is 11.6 Å². The fourth-order valence-corrected chi connectivity index (χ4v) is 2.26. The van der Waals surface area contributed by atoms with Gasteiger partial charge >= 0.3 is 0 Å². The summed E-state index contributed by atoms with van der Waals surface area (Å²) in [6.07, 6.45) is 9.35. The van der Waals surface area contributed by atoms with Gasteiger partial charge in [-0.25, -0.2) is 0 Å². The summed E-state index contributed by atoms with van der Waals surface area (Å²) in [6.45, 7) is 6.02. The smallest absolute Gasteiger partial charge is 0.0360 e. The van der Waals surface area contributed by atoms with Gasteiger partial charge in [0.2, 0.25) is 0 Å². The number of likely N-dealkylation sites (tertiary alicyclic amines) is 1. The van der Waals surface area contributed by atoms with Crippen LogP contribution < -0.4 is 0 Å². The standard InChI is InChI=1S/C12H24ClN/c1-2-3-4-5-6-9-14-10-7-12(13)8-11-14/h12H,2-11H2,1H3. The number of piperidine rings is 1. The van der Waals surface area contributed by atoms with Crippen molar-refractivity contribution in [3.8, 4) is 0 Å². The molecule has 1 nitrogen and oxygen atoms in total. The lowest BCUT2D eigenvalue weighted by atomic mass is 10.1. The van der Waals surface area contributed by atoms with Gasteiger partial charge in [-0.05, 0) is 38.9 Å². The van der Waals surface area contributed by atoms with Gasteiger partial charge in [0.15, 0.2) is 0 Å². The molecule has 0 aromatic rings. The van der Waals surface area contributed by atoms with Crippen molar-refractivity contribution in [2.24, 2.45) is 0 Å². The predicted molar refractivity (Wildman–Crippen MR) is 64.1 cm³/mol. The Labute approximate surface area is 93.8 Å². The Bertz CT molecular complexity index is 130. The topological polar surface area (TPSA) is 3.24 Å². The van der Waals surface area contributed by atoms with Gasteiger partial charge in [-0.1, -0.05) is 32.6 Å². The first-order valence-electron chi connectivity index (χ1n) is 6.19. The van der Waals surface area contributed by atoms with Crippen molar-refractivity contribution in [2.75, 3.05) is 19.6 Å². The summed E-state index contributed by atoms with van der Waals surface area (Å²) in [5.41, 5.74) is 0. The zero-order valence-electron chi connectivity index (χ0n) is 9.47. The molecule has 1 aliphatic heterocycles. The van der Waals surface area contributed by atoms with Crippen LogP contribution in [0.2, 0.25) is 0 Å². The number of rotatable bonds is 6. The first-order valence-corrected chi connectivity index (χ1v) is 6.63. The molecule has 14 heavy (non-hydrogen) atoms. The molecule has 0 spiro atoms. The van der Waals surface area contributed by atoms with Crippen LogP contribution in [0.4, 0.5) is 0 Å². The van der Waals surface area contributed by atoms with Crippen LogP contribution in [0.15, 0.2) is 0 Å². The summed E-state index contributed by atoms with van der Waals surface area (Å²) in [7, 11) is 0. The van der Waals surface area contributed by atoms with E-state index in [2.05, 4.69) is 11.8 Å². The molecule has 1 aliphatic rings. The van der Waals surface area contributed by atoms with Crippen molar-refractivity contribution < 1.29 is 0 Å². The molecule has 0 bridgehead atoms. The van der Waals surface area contributed by atoms with Crippen LogP contribution in [0.5, 0.6) is 0 Å². The lowest BCUT2D eigenvalue weighted by Gasteiger charge is -2.29. The van der Waals surface area contributed by atoms with Crippen LogP contribution in [0, 0.1) is 0 Å². The van der Waals surface area contributed by atoms with Crippen molar-refractivity contribution in [2.45, 2.75) is 57.2 Å². The second-order valence-corrected chi connectivity index (χ2v) is 5.05. The van der Waals surface area contributed by atoms with Gasteiger partial charge in [0, 0.05) is 5.38 Å². The maximum Gasteiger partial charge on any atom is 0.0360 e. The zero-order chi connectivity index (χ0) is 10.2. The van der Waals surface area contributed by atoms with Crippen LogP contribution in [-0.2, 0) is 0 Å². The highest BCUT2D eigenvalue weighted by molar-refractivity contribution is 6.20. The Morgan fingerprint density at radius 2 is 1.71 bits per heavy atom. The Balaban J connectivity index is 1.91. The Hall–Kier alpha value is 0.250. The molecule has 0 aromatic heterocycles. The minimum Gasteiger partial charge on any atom is -0.303 e. The van der Waals surface area contributed by atoms with Crippen LogP contribution in [-0.4, -0.2) is 29.9 Å². The molecule has 1 heterocycles. The fourth-order valence-electron chi connectivity index (χ4n) is 2.06. The number of alkyl halides is 1. The van der Waals surface area contributed by atoms with E-state index < -0.39 is 0 Å². The van der Waals surface area contributed by atoms with Crippen molar-refractivity contribution in [1.29, 1.82) is 0 Å². The Morgan fingerprint density at radius 3 is 2.36 bits per heavy atom. The van der Waals surface area contributed by atoms with Gasteiger partial charge in [-0.2, -0.15) is 0 Å². The lowest BCUT2D eigenvalue weighted by Crippen LogP contribution is -2.34. The number of hydrogen-bond acceptors (Lipinski definition) is 1. The monoisotopic (exact) mass is 217 g/mol. The molecule has 0 aromatic carbocycles. The van der Waals surface area contributed by atoms with E-state index in [1.807, 2.05) is 0 Å². The van der Waals surface area contributed by atoms with Crippen molar-refractivity contribution >= 4 is 11.6 Å². The highest BCUT2D eigenvalue weighted by Gasteiger charge is 2.15. The largest absolute Gasteiger partial charge is 0.303 e. The highest BCUT2D eigenvalue weighted by Crippen LogP contribution is 2.16. The van der Waals surface area contributed by atoms with Crippen molar-refractivity contribution in [3.63, 3.8) is 0 Å². The average molecular weight is 218 g/mol. The van der Waals surface area contributed by atoms with Crippen LogP contribution in [0.1, 0.15) is 51.9 Å². The minimum atomic E-state index is 0.450. The molecule has 0 unspecified atom stereocenters. The average Bonchev–Trinajstić information content (AvgIpc) is 2.21. The maximum absolute atomic E-state index is 6.06. The quantitative estimate of drug-likeness (QED) is 0.485. The number of halogens is 1. The van der Waals surface area contributed by atoms with Crippen LogP contribution in [0.3, 0.4) is 0 Å². The molecule has 0 amide bonds. The van der Waals surface area contributed by atoms with E-state index in [-0.39, 0.29) is 0 Å². The summed E-state index contributed by atoms with van der Waals surface area (Å²) in [5, 5.41) is 0.450. The number of nitrogens with zero attached hydrogens (tertiary/aromatic N) is 1. The molecule has 0 aliphatic carbocycles. The Morgan fingerprint density at radius 1 is 1.07 bits per heavy atom.